The molecule has 0 bridgehead atoms. The first kappa shape index (κ1) is 27.1. The van der Waals surface area contributed by atoms with Gasteiger partial charge in [0.05, 0.1) is 0 Å². The van der Waals surface area contributed by atoms with Gasteiger partial charge in [0, 0.05) is 54.9 Å². The maximum Gasteiger partial charge on any atom is 0.318 e. The SMILES string of the molecule is C[C@@H](c1c[nH]c2ccccc12)[C@@H](NC(=O)N1CCC(c2ccccc2)CC1)C(=O)Nc1ccc2c(c1)CN(C)CC2. The van der Waals surface area contributed by atoms with E-state index < -0.39 is 6.04 Å². The van der Waals surface area contributed by atoms with Crippen LogP contribution in [0.4, 0.5) is 10.5 Å². The van der Waals surface area contributed by atoms with Crippen LogP contribution in [-0.2, 0) is 17.8 Å². The lowest BCUT2D eigenvalue weighted by Gasteiger charge is -2.34. The van der Waals surface area contributed by atoms with E-state index in [1.807, 2.05) is 48.4 Å². The van der Waals surface area contributed by atoms with Crippen LogP contribution in [-0.4, -0.2) is 59.4 Å². The van der Waals surface area contributed by atoms with E-state index >= 15 is 0 Å². The minimum absolute atomic E-state index is 0.185. The van der Waals surface area contributed by atoms with Gasteiger partial charge in [0.2, 0.25) is 5.91 Å². The number of aromatic amines is 1. The van der Waals surface area contributed by atoms with Crippen molar-refractivity contribution in [3.05, 3.63) is 101 Å². The van der Waals surface area contributed by atoms with Crippen LogP contribution in [0.1, 0.15) is 53.9 Å². The van der Waals surface area contributed by atoms with Crippen molar-refractivity contribution in [1.29, 1.82) is 0 Å². The number of amides is 3. The van der Waals surface area contributed by atoms with Crippen LogP contribution in [0.2, 0.25) is 0 Å². The zero-order chi connectivity index (χ0) is 28.3. The molecular weight excluding hydrogens is 510 g/mol. The highest BCUT2D eigenvalue weighted by Crippen LogP contribution is 2.31. The molecule has 7 nitrogen and oxygen atoms in total. The summed E-state index contributed by atoms with van der Waals surface area (Å²) in [5, 5.41) is 7.33. The van der Waals surface area contributed by atoms with Gasteiger partial charge in [-0.3, -0.25) is 4.79 Å². The molecule has 0 aliphatic carbocycles. The van der Waals surface area contributed by atoms with Crippen LogP contribution in [0.25, 0.3) is 10.9 Å². The van der Waals surface area contributed by atoms with Crippen molar-refractivity contribution in [3.63, 3.8) is 0 Å². The molecule has 3 aromatic carbocycles. The van der Waals surface area contributed by atoms with Gasteiger partial charge in [-0.25, -0.2) is 4.79 Å². The highest BCUT2D eigenvalue weighted by molar-refractivity contribution is 5.98. The molecule has 2 aliphatic heterocycles. The molecule has 3 heterocycles. The van der Waals surface area contributed by atoms with E-state index in [4.69, 9.17) is 0 Å². The highest BCUT2D eigenvalue weighted by atomic mass is 16.2. The average Bonchev–Trinajstić information content (AvgIpc) is 3.44. The van der Waals surface area contributed by atoms with Gasteiger partial charge in [-0.2, -0.15) is 0 Å². The van der Waals surface area contributed by atoms with Crippen molar-refractivity contribution in [2.24, 2.45) is 0 Å². The molecule has 1 saturated heterocycles. The summed E-state index contributed by atoms with van der Waals surface area (Å²) < 4.78 is 0. The lowest BCUT2D eigenvalue weighted by Crippen LogP contribution is -2.53. The van der Waals surface area contributed by atoms with Gasteiger partial charge in [-0.1, -0.05) is 61.5 Å². The van der Waals surface area contributed by atoms with Crippen molar-refractivity contribution in [3.8, 4) is 0 Å². The molecule has 41 heavy (non-hydrogen) atoms. The first-order valence-electron chi connectivity index (χ1n) is 14.7. The number of carbonyl (C=O) groups excluding carboxylic acids is 2. The zero-order valence-corrected chi connectivity index (χ0v) is 23.9. The predicted molar refractivity (Wildman–Crippen MR) is 164 cm³/mol. The Labute approximate surface area is 241 Å². The van der Waals surface area contributed by atoms with Gasteiger partial charge in [0.1, 0.15) is 6.04 Å². The average molecular weight is 550 g/mol. The lowest BCUT2D eigenvalue weighted by atomic mass is 9.89. The number of piperidine rings is 1. The van der Waals surface area contributed by atoms with Crippen molar-refractivity contribution in [2.75, 3.05) is 32.0 Å². The second kappa shape index (κ2) is 11.8. The molecule has 2 atom stereocenters. The maximum atomic E-state index is 13.9. The number of aromatic nitrogens is 1. The third-order valence-corrected chi connectivity index (χ3v) is 8.90. The van der Waals surface area contributed by atoms with Crippen LogP contribution >= 0.6 is 0 Å². The van der Waals surface area contributed by atoms with Gasteiger partial charge in [0.25, 0.3) is 0 Å². The smallest absolute Gasteiger partial charge is 0.318 e. The van der Waals surface area contributed by atoms with Crippen LogP contribution < -0.4 is 10.6 Å². The Bertz CT molecular complexity index is 1520. The number of para-hydroxylation sites is 1. The molecular formula is C34H39N5O2. The van der Waals surface area contributed by atoms with E-state index in [1.165, 1.54) is 16.7 Å². The lowest BCUT2D eigenvalue weighted by molar-refractivity contribution is -0.118. The Kier molecular flexibility index (Phi) is 7.79. The number of benzene rings is 3. The summed E-state index contributed by atoms with van der Waals surface area (Å²) in [6.45, 7) is 5.25. The van der Waals surface area contributed by atoms with Crippen LogP contribution in [0.5, 0.6) is 0 Å². The zero-order valence-electron chi connectivity index (χ0n) is 23.9. The van der Waals surface area contributed by atoms with Crippen molar-refractivity contribution in [2.45, 2.75) is 50.6 Å². The molecule has 0 saturated carbocycles. The van der Waals surface area contributed by atoms with Gasteiger partial charge in [-0.05, 0) is 72.7 Å². The minimum atomic E-state index is -0.743. The number of urea groups is 1. The Morgan fingerprint density at radius 3 is 2.49 bits per heavy atom. The highest BCUT2D eigenvalue weighted by Gasteiger charge is 2.32. The van der Waals surface area contributed by atoms with Crippen LogP contribution in [0.15, 0.2) is 79.0 Å². The van der Waals surface area contributed by atoms with E-state index in [9.17, 15) is 9.59 Å². The number of likely N-dealkylation sites (N-methyl/N-ethyl adjacent to an activating group) is 1. The molecule has 3 amide bonds. The summed E-state index contributed by atoms with van der Waals surface area (Å²) in [7, 11) is 2.12. The monoisotopic (exact) mass is 549 g/mol. The molecule has 1 fully saturated rings. The van der Waals surface area contributed by atoms with Crippen LogP contribution in [0.3, 0.4) is 0 Å². The molecule has 0 spiro atoms. The molecule has 212 valence electrons. The van der Waals surface area contributed by atoms with Gasteiger partial charge in [0.15, 0.2) is 0 Å². The first-order chi connectivity index (χ1) is 20.0. The van der Waals surface area contributed by atoms with E-state index in [0.717, 1.165) is 54.5 Å². The number of nitrogens with one attached hydrogen (secondary N) is 3. The number of rotatable bonds is 6. The second-order valence-corrected chi connectivity index (χ2v) is 11.6. The van der Waals surface area contributed by atoms with Crippen LogP contribution in [0, 0.1) is 0 Å². The molecule has 0 unspecified atom stereocenters. The largest absolute Gasteiger partial charge is 0.361 e. The minimum Gasteiger partial charge on any atom is -0.361 e. The summed E-state index contributed by atoms with van der Waals surface area (Å²) in [6, 6.07) is 23.8. The summed E-state index contributed by atoms with van der Waals surface area (Å²) in [6.07, 6.45) is 4.80. The second-order valence-electron chi connectivity index (χ2n) is 11.6. The van der Waals surface area contributed by atoms with E-state index in [1.54, 1.807) is 0 Å². The summed E-state index contributed by atoms with van der Waals surface area (Å²) in [4.78, 5) is 35.0. The van der Waals surface area contributed by atoms with Crippen molar-refractivity contribution < 1.29 is 9.59 Å². The number of hydrogen-bond acceptors (Lipinski definition) is 3. The Morgan fingerprint density at radius 1 is 0.927 bits per heavy atom. The fraction of sp³-hybridized carbons (Fsp3) is 0.353. The number of fused-ring (bicyclic) bond motifs is 2. The number of hydrogen-bond donors (Lipinski definition) is 3. The Hall–Kier alpha value is -4.10. The van der Waals surface area contributed by atoms with Crippen molar-refractivity contribution >= 4 is 28.5 Å². The fourth-order valence-electron chi connectivity index (χ4n) is 6.43. The molecule has 1 aromatic heterocycles. The fourth-order valence-corrected chi connectivity index (χ4v) is 6.43. The molecule has 4 aromatic rings. The van der Waals surface area contributed by atoms with E-state index in [2.05, 4.69) is 70.0 Å². The number of carbonyl (C=O) groups is 2. The normalized spacial score (nSPS) is 17.6. The van der Waals surface area contributed by atoms with E-state index in [-0.39, 0.29) is 17.9 Å². The van der Waals surface area contributed by atoms with Gasteiger partial charge >= 0.3 is 6.03 Å². The predicted octanol–water partition coefficient (Wildman–Crippen LogP) is 5.86. The first-order valence-corrected chi connectivity index (χ1v) is 14.7. The number of H-pyrrole nitrogens is 1. The quantitative estimate of drug-likeness (QED) is 0.282. The summed E-state index contributed by atoms with van der Waals surface area (Å²) in [5.74, 6) is -0.00678. The standard InChI is InChI=1S/C34H39N5O2/c1-23(30-21-35-31-11-7-6-10-29(30)31)32(33(40)36-28-13-12-25-14-17-38(2)22-27(25)20-28)37-34(41)39-18-15-26(16-19-39)24-8-4-3-5-9-24/h3-13,20-21,23,26,32,35H,14-19,22H2,1-2H3,(H,36,40)(H,37,41)/t23-,32+/m0/s1. The molecule has 3 N–H and O–H groups in total. The number of anilines is 1. The third kappa shape index (κ3) is 5.86. The summed E-state index contributed by atoms with van der Waals surface area (Å²) >= 11 is 0. The topological polar surface area (TPSA) is 80.5 Å². The molecule has 7 heteroatoms. The third-order valence-electron chi connectivity index (χ3n) is 8.90. The van der Waals surface area contributed by atoms with Gasteiger partial charge < -0.3 is 25.4 Å². The summed E-state index contributed by atoms with van der Waals surface area (Å²) in [5.41, 5.74) is 6.68. The number of nitrogens with zero attached hydrogens (tertiary/aromatic N) is 2. The molecule has 6 rings (SSSR count). The Morgan fingerprint density at radius 2 is 1.68 bits per heavy atom. The Balaban J connectivity index is 1.21. The van der Waals surface area contributed by atoms with E-state index in [0.29, 0.717) is 19.0 Å². The van der Waals surface area contributed by atoms with Gasteiger partial charge in [-0.15, -0.1) is 0 Å². The molecule has 0 radical (unpaired) electrons. The maximum absolute atomic E-state index is 13.9. The molecule has 2 aliphatic rings. The van der Waals surface area contributed by atoms with Crippen molar-refractivity contribution in [1.82, 2.24) is 20.1 Å². The number of likely N-dealkylation sites (tertiary alicyclic amines) is 1.